The number of nitriles is 1. The predicted molar refractivity (Wildman–Crippen MR) is 30.5 cm³/mol. The first-order chi connectivity index (χ1) is 4.09. The van der Waals surface area contributed by atoms with Crippen molar-refractivity contribution >= 4 is 5.97 Å². The van der Waals surface area contributed by atoms with Gasteiger partial charge in [0.15, 0.2) is 6.19 Å². The Labute approximate surface area is 53.3 Å². The van der Waals surface area contributed by atoms with Crippen LogP contribution < -0.4 is 0 Å². The number of carboxylic acid groups (broad SMARTS) is 1. The van der Waals surface area contributed by atoms with E-state index in [1.54, 1.807) is 6.19 Å². The molecule has 0 rings (SSSR count). The molecule has 1 unspecified atom stereocenters. The second-order valence-corrected chi connectivity index (χ2v) is 1.73. The maximum atomic E-state index is 10.1. The van der Waals surface area contributed by atoms with Gasteiger partial charge in [0.1, 0.15) is 6.04 Å². The lowest BCUT2D eigenvalue weighted by atomic mass is 10.3. The number of rotatable bonds is 2. The summed E-state index contributed by atoms with van der Waals surface area (Å²) in [5.41, 5.74) is 0. The highest BCUT2D eigenvalue weighted by molar-refractivity contribution is 5.73. The quantitative estimate of drug-likeness (QED) is 0.415. The standard InChI is InChI=1S/C5H8N2O2/c1-4(5(8)9)7(2)3-6/h4H,1-2H3,(H,8,9). The van der Waals surface area contributed by atoms with Crippen LogP contribution in [0.3, 0.4) is 0 Å². The minimum absolute atomic E-state index is 0.727. The van der Waals surface area contributed by atoms with Crippen molar-refractivity contribution in [1.29, 1.82) is 5.26 Å². The van der Waals surface area contributed by atoms with Crippen LogP contribution in [0.25, 0.3) is 0 Å². The maximum Gasteiger partial charge on any atom is 0.326 e. The highest BCUT2D eigenvalue weighted by atomic mass is 16.4. The second-order valence-electron chi connectivity index (χ2n) is 1.73. The Morgan fingerprint density at radius 2 is 2.33 bits per heavy atom. The van der Waals surface area contributed by atoms with Crippen molar-refractivity contribution in [3.8, 4) is 6.19 Å². The molecule has 1 N–H and O–H groups in total. The third-order valence-corrected chi connectivity index (χ3v) is 1.10. The van der Waals surface area contributed by atoms with Crippen LogP contribution in [0.15, 0.2) is 0 Å². The summed E-state index contributed by atoms with van der Waals surface area (Å²) in [6.07, 6.45) is 1.70. The van der Waals surface area contributed by atoms with Gasteiger partial charge in [-0.05, 0) is 6.92 Å². The zero-order valence-electron chi connectivity index (χ0n) is 5.33. The fraction of sp³-hybridized carbons (Fsp3) is 0.600. The van der Waals surface area contributed by atoms with Crippen LogP contribution in [0.1, 0.15) is 6.92 Å². The van der Waals surface area contributed by atoms with E-state index in [2.05, 4.69) is 0 Å². The summed E-state index contributed by atoms with van der Waals surface area (Å²) in [6, 6.07) is -0.727. The number of aliphatic carboxylic acids is 1. The first kappa shape index (κ1) is 7.76. The first-order valence-electron chi connectivity index (χ1n) is 2.45. The maximum absolute atomic E-state index is 10.1. The van der Waals surface area contributed by atoms with Crippen molar-refractivity contribution in [2.24, 2.45) is 0 Å². The fourth-order valence-electron chi connectivity index (χ4n) is 0.252. The van der Waals surface area contributed by atoms with E-state index in [0.717, 1.165) is 4.90 Å². The molecule has 0 aromatic carbocycles. The van der Waals surface area contributed by atoms with E-state index in [9.17, 15) is 4.79 Å². The van der Waals surface area contributed by atoms with Crippen LogP contribution in [0, 0.1) is 11.5 Å². The topological polar surface area (TPSA) is 64.3 Å². The van der Waals surface area contributed by atoms with Gasteiger partial charge in [-0.3, -0.25) is 4.90 Å². The fourth-order valence-corrected chi connectivity index (χ4v) is 0.252. The monoisotopic (exact) mass is 128 g/mol. The molecule has 0 amide bonds. The lowest BCUT2D eigenvalue weighted by Gasteiger charge is -2.12. The highest BCUT2D eigenvalue weighted by Gasteiger charge is 2.14. The number of hydrogen-bond donors (Lipinski definition) is 1. The third-order valence-electron chi connectivity index (χ3n) is 1.10. The van der Waals surface area contributed by atoms with E-state index in [-0.39, 0.29) is 0 Å². The van der Waals surface area contributed by atoms with Crippen LogP contribution in [0.2, 0.25) is 0 Å². The predicted octanol–water partition coefficient (Wildman–Crippen LogP) is -0.128. The van der Waals surface area contributed by atoms with Crippen LogP contribution >= 0.6 is 0 Å². The van der Waals surface area contributed by atoms with Gasteiger partial charge in [-0.2, -0.15) is 5.26 Å². The molecular formula is C5H8N2O2. The molecule has 0 saturated carbocycles. The molecule has 0 bridgehead atoms. The Hall–Kier alpha value is -1.24. The smallest absolute Gasteiger partial charge is 0.326 e. The normalized spacial score (nSPS) is 11.7. The summed E-state index contributed by atoms with van der Waals surface area (Å²) in [7, 11) is 1.43. The summed E-state index contributed by atoms with van der Waals surface area (Å²) in [5.74, 6) is -0.987. The average Bonchev–Trinajstić information content (AvgIpc) is 1.84. The highest BCUT2D eigenvalue weighted by Crippen LogP contribution is 1.90. The zero-order valence-corrected chi connectivity index (χ0v) is 5.33. The minimum atomic E-state index is -0.987. The van der Waals surface area contributed by atoms with Crippen LogP contribution in [0.4, 0.5) is 0 Å². The van der Waals surface area contributed by atoms with Crippen molar-refractivity contribution in [3.63, 3.8) is 0 Å². The number of hydrogen-bond acceptors (Lipinski definition) is 3. The van der Waals surface area contributed by atoms with E-state index in [0.29, 0.717) is 0 Å². The molecule has 0 aliphatic heterocycles. The molecule has 4 nitrogen and oxygen atoms in total. The van der Waals surface area contributed by atoms with E-state index in [1.165, 1.54) is 14.0 Å². The van der Waals surface area contributed by atoms with Gasteiger partial charge in [0.05, 0.1) is 0 Å². The molecule has 0 saturated heterocycles. The number of likely N-dealkylation sites (N-methyl/N-ethyl adjacent to an activating group) is 1. The zero-order chi connectivity index (χ0) is 7.44. The molecule has 0 aromatic rings. The van der Waals surface area contributed by atoms with Crippen LogP contribution in [-0.4, -0.2) is 29.1 Å². The summed E-state index contributed by atoms with van der Waals surface area (Å²) < 4.78 is 0. The van der Waals surface area contributed by atoms with Crippen LogP contribution in [-0.2, 0) is 4.79 Å². The summed E-state index contributed by atoms with van der Waals surface area (Å²) in [5, 5.41) is 16.5. The minimum Gasteiger partial charge on any atom is -0.480 e. The average molecular weight is 128 g/mol. The second kappa shape index (κ2) is 2.92. The van der Waals surface area contributed by atoms with Gasteiger partial charge < -0.3 is 5.11 Å². The van der Waals surface area contributed by atoms with Gasteiger partial charge in [-0.15, -0.1) is 0 Å². The summed E-state index contributed by atoms with van der Waals surface area (Å²) in [4.78, 5) is 11.2. The number of carboxylic acids is 1. The number of carbonyl (C=O) groups is 1. The Morgan fingerprint density at radius 1 is 1.89 bits per heavy atom. The lowest BCUT2D eigenvalue weighted by molar-refractivity contribution is -0.141. The molecule has 0 fully saturated rings. The van der Waals surface area contributed by atoms with Crippen molar-refractivity contribution in [1.82, 2.24) is 4.90 Å². The van der Waals surface area contributed by atoms with Gasteiger partial charge in [0, 0.05) is 7.05 Å². The van der Waals surface area contributed by atoms with Gasteiger partial charge in [0.2, 0.25) is 0 Å². The Morgan fingerprint density at radius 3 is 2.44 bits per heavy atom. The molecule has 0 aromatic heterocycles. The van der Waals surface area contributed by atoms with Crippen molar-refractivity contribution in [2.75, 3.05) is 7.05 Å². The van der Waals surface area contributed by atoms with Gasteiger partial charge >= 0.3 is 5.97 Å². The van der Waals surface area contributed by atoms with E-state index in [4.69, 9.17) is 10.4 Å². The Balaban J connectivity index is 3.91. The van der Waals surface area contributed by atoms with E-state index in [1.807, 2.05) is 0 Å². The van der Waals surface area contributed by atoms with Crippen molar-refractivity contribution < 1.29 is 9.90 Å². The Bertz CT molecular complexity index is 150. The van der Waals surface area contributed by atoms with Crippen molar-refractivity contribution in [2.45, 2.75) is 13.0 Å². The van der Waals surface area contributed by atoms with Crippen LogP contribution in [0.5, 0.6) is 0 Å². The largest absolute Gasteiger partial charge is 0.480 e. The van der Waals surface area contributed by atoms with Crippen molar-refractivity contribution in [3.05, 3.63) is 0 Å². The Kier molecular flexibility index (Phi) is 2.52. The number of nitrogens with zero attached hydrogens (tertiary/aromatic N) is 2. The molecule has 0 aliphatic carbocycles. The molecule has 50 valence electrons. The summed E-state index contributed by atoms with van der Waals surface area (Å²) in [6.45, 7) is 1.45. The molecule has 0 heterocycles. The van der Waals surface area contributed by atoms with Gasteiger partial charge in [-0.1, -0.05) is 0 Å². The van der Waals surface area contributed by atoms with E-state index >= 15 is 0 Å². The molecular weight excluding hydrogens is 120 g/mol. The van der Waals surface area contributed by atoms with E-state index < -0.39 is 12.0 Å². The first-order valence-corrected chi connectivity index (χ1v) is 2.45. The molecule has 1 atom stereocenters. The molecule has 4 heteroatoms. The third kappa shape index (κ3) is 2.00. The molecule has 0 radical (unpaired) electrons. The lowest BCUT2D eigenvalue weighted by Crippen LogP contribution is -2.31. The van der Waals surface area contributed by atoms with Gasteiger partial charge in [0.25, 0.3) is 0 Å². The van der Waals surface area contributed by atoms with Gasteiger partial charge in [-0.25, -0.2) is 4.79 Å². The SMILES string of the molecule is CC(C(=O)O)N(C)C#N. The molecule has 0 spiro atoms. The molecule has 0 aliphatic rings. The molecule has 9 heavy (non-hydrogen) atoms. The summed E-state index contributed by atoms with van der Waals surface area (Å²) >= 11 is 0.